The number of halogens is 1. The van der Waals surface area contributed by atoms with Crippen molar-refractivity contribution in [1.82, 2.24) is 10.6 Å². The van der Waals surface area contributed by atoms with Crippen LogP contribution < -0.4 is 15.8 Å². The molecule has 0 amide bonds. The van der Waals surface area contributed by atoms with Gasteiger partial charge in [-0.05, 0) is 24.6 Å². The van der Waals surface area contributed by atoms with E-state index in [0.717, 1.165) is 18.1 Å². The minimum absolute atomic E-state index is 0. The minimum Gasteiger partial charge on any atom is -0.352 e. The van der Waals surface area contributed by atoms with E-state index in [4.69, 9.17) is 5.14 Å². The van der Waals surface area contributed by atoms with E-state index in [1.165, 1.54) is 6.07 Å². The zero-order valence-corrected chi connectivity index (χ0v) is 13.6. The Labute approximate surface area is 129 Å². The number of primary sulfonamides is 1. The Morgan fingerprint density at radius 3 is 2.84 bits per heavy atom. The van der Waals surface area contributed by atoms with Gasteiger partial charge in [-0.1, -0.05) is 12.1 Å². The monoisotopic (exact) mass is 396 g/mol. The fourth-order valence-corrected chi connectivity index (χ4v) is 2.26. The van der Waals surface area contributed by atoms with Gasteiger partial charge >= 0.3 is 0 Å². The van der Waals surface area contributed by atoms with Crippen molar-refractivity contribution < 1.29 is 8.42 Å². The van der Waals surface area contributed by atoms with Crippen LogP contribution in [-0.2, 0) is 16.6 Å². The van der Waals surface area contributed by atoms with Gasteiger partial charge in [0.2, 0.25) is 10.0 Å². The Kier molecular flexibility index (Phi) is 5.56. The molecule has 0 saturated carbocycles. The summed E-state index contributed by atoms with van der Waals surface area (Å²) in [7, 11) is -3.65. The lowest BCUT2D eigenvalue weighted by atomic mass is 10.2. The molecule has 19 heavy (non-hydrogen) atoms. The first-order valence-corrected chi connectivity index (χ1v) is 7.16. The molecule has 1 aromatic rings. The van der Waals surface area contributed by atoms with Crippen molar-refractivity contribution in [1.29, 1.82) is 0 Å². The van der Waals surface area contributed by atoms with E-state index in [9.17, 15) is 8.42 Å². The summed E-state index contributed by atoms with van der Waals surface area (Å²) >= 11 is 0. The molecule has 0 radical (unpaired) electrons. The lowest BCUT2D eigenvalue weighted by Crippen LogP contribution is -2.37. The lowest BCUT2D eigenvalue weighted by molar-refractivity contribution is 0.597. The molecule has 0 fully saturated rings. The van der Waals surface area contributed by atoms with Gasteiger partial charge in [-0.25, -0.2) is 13.6 Å². The molecule has 0 bridgehead atoms. The topological polar surface area (TPSA) is 96.6 Å². The van der Waals surface area contributed by atoms with Crippen LogP contribution in [0.4, 0.5) is 0 Å². The molecular formula is C11H17IN4O2S. The van der Waals surface area contributed by atoms with Crippen molar-refractivity contribution in [3.05, 3.63) is 29.8 Å². The van der Waals surface area contributed by atoms with E-state index in [1.807, 2.05) is 13.0 Å². The first-order valence-electron chi connectivity index (χ1n) is 5.62. The first-order chi connectivity index (χ1) is 8.45. The molecular weight excluding hydrogens is 379 g/mol. The second kappa shape index (κ2) is 6.53. The molecule has 1 heterocycles. The SMILES string of the molecule is CC1CN=C(NCc2cccc(S(N)(=O)=O)c2)N1.I. The highest BCUT2D eigenvalue weighted by atomic mass is 127. The molecule has 4 N–H and O–H groups in total. The highest BCUT2D eigenvalue weighted by Crippen LogP contribution is 2.09. The van der Waals surface area contributed by atoms with E-state index in [0.29, 0.717) is 12.6 Å². The van der Waals surface area contributed by atoms with Gasteiger partial charge in [-0.3, -0.25) is 4.99 Å². The van der Waals surface area contributed by atoms with Crippen LogP contribution in [0.3, 0.4) is 0 Å². The molecule has 6 nitrogen and oxygen atoms in total. The summed E-state index contributed by atoms with van der Waals surface area (Å²) < 4.78 is 22.4. The fraction of sp³-hybridized carbons (Fsp3) is 0.364. The fourth-order valence-electron chi connectivity index (χ4n) is 1.68. The van der Waals surface area contributed by atoms with Gasteiger partial charge in [0, 0.05) is 12.6 Å². The largest absolute Gasteiger partial charge is 0.352 e. The maximum absolute atomic E-state index is 11.2. The standard InChI is InChI=1S/C11H16N4O2S.HI/c1-8-6-13-11(15-8)14-7-9-3-2-4-10(5-9)18(12,16)17;/h2-5,8H,6-7H2,1H3,(H2,12,16,17)(H2,13,14,15);1H. The Morgan fingerprint density at radius 1 is 1.53 bits per heavy atom. The molecule has 1 aromatic carbocycles. The smallest absolute Gasteiger partial charge is 0.238 e. The molecule has 1 aliphatic heterocycles. The van der Waals surface area contributed by atoms with Gasteiger partial charge < -0.3 is 10.6 Å². The Hall–Kier alpha value is -0.870. The Morgan fingerprint density at radius 2 is 2.26 bits per heavy atom. The van der Waals surface area contributed by atoms with Crippen LogP contribution in [0.15, 0.2) is 34.2 Å². The predicted molar refractivity (Wildman–Crippen MR) is 85.0 cm³/mol. The molecule has 2 rings (SSSR count). The summed E-state index contributed by atoms with van der Waals surface area (Å²) in [5.74, 6) is 0.739. The normalized spacial score (nSPS) is 18.2. The zero-order valence-electron chi connectivity index (χ0n) is 10.5. The van der Waals surface area contributed by atoms with Gasteiger partial charge in [-0.15, -0.1) is 24.0 Å². The van der Waals surface area contributed by atoms with Crippen molar-refractivity contribution in [2.24, 2.45) is 10.1 Å². The van der Waals surface area contributed by atoms with Crippen LogP contribution >= 0.6 is 24.0 Å². The molecule has 0 saturated heterocycles. The van der Waals surface area contributed by atoms with Crippen LogP contribution in [0.25, 0.3) is 0 Å². The molecule has 1 atom stereocenters. The summed E-state index contributed by atoms with van der Waals surface area (Å²) in [6.45, 7) is 3.29. The Bertz CT molecular complexity index is 574. The molecule has 8 heteroatoms. The zero-order chi connectivity index (χ0) is 13.2. The number of guanidine groups is 1. The number of nitrogens with one attached hydrogen (secondary N) is 2. The van der Waals surface area contributed by atoms with Crippen LogP contribution in [-0.4, -0.2) is 27.0 Å². The number of aliphatic imine (C=N–C) groups is 1. The lowest BCUT2D eigenvalue weighted by Gasteiger charge is -2.09. The number of nitrogens with zero attached hydrogens (tertiary/aromatic N) is 1. The number of rotatable bonds is 3. The average molecular weight is 396 g/mol. The van der Waals surface area contributed by atoms with Crippen LogP contribution in [0, 0.1) is 0 Å². The first kappa shape index (κ1) is 16.2. The quantitative estimate of drug-likeness (QED) is 0.644. The summed E-state index contributed by atoms with van der Waals surface area (Å²) in [5, 5.41) is 11.4. The minimum atomic E-state index is -3.65. The maximum Gasteiger partial charge on any atom is 0.238 e. The number of hydrogen-bond acceptors (Lipinski definition) is 5. The average Bonchev–Trinajstić information content (AvgIpc) is 2.72. The van der Waals surface area contributed by atoms with Crippen molar-refractivity contribution in [2.45, 2.75) is 24.4 Å². The second-order valence-corrected chi connectivity index (χ2v) is 5.84. The van der Waals surface area contributed by atoms with E-state index in [2.05, 4.69) is 15.6 Å². The highest BCUT2D eigenvalue weighted by Gasteiger charge is 2.12. The van der Waals surface area contributed by atoms with Gasteiger partial charge in [0.15, 0.2) is 5.96 Å². The third kappa shape index (κ3) is 4.62. The van der Waals surface area contributed by atoms with E-state index >= 15 is 0 Å². The van der Waals surface area contributed by atoms with E-state index < -0.39 is 10.0 Å². The van der Waals surface area contributed by atoms with Crippen molar-refractivity contribution in [2.75, 3.05) is 6.54 Å². The maximum atomic E-state index is 11.2. The van der Waals surface area contributed by atoms with E-state index in [-0.39, 0.29) is 28.9 Å². The molecule has 1 unspecified atom stereocenters. The summed E-state index contributed by atoms with van der Waals surface area (Å²) in [5.41, 5.74) is 0.838. The van der Waals surface area contributed by atoms with Crippen LogP contribution in [0.1, 0.15) is 12.5 Å². The van der Waals surface area contributed by atoms with Crippen molar-refractivity contribution in [3.63, 3.8) is 0 Å². The van der Waals surface area contributed by atoms with E-state index in [1.54, 1.807) is 12.1 Å². The number of nitrogens with two attached hydrogens (primary N) is 1. The number of sulfonamides is 1. The van der Waals surface area contributed by atoms with Gasteiger partial charge in [0.25, 0.3) is 0 Å². The van der Waals surface area contributed by atoms with Gasteiger partial charge in [0.05, 0.1) is 11.4 Å². The highest BCUT2D eigenvalue weighted by molar-refractivity contribution is 14.0. The van der Waals surface area contributed by atoms with Gasteiger partial charge in [0.1, 0.15) is 0 Å². The molecule has 0 aromatic heterocycles. The molecule has 0 spiro atoms. The third-order valence-electron chi connectivity index (χ3n) is 2.59. The van der Waals surface area contributed by atoms with Crippen molar-refractivity contribution in [3.8, 4) is 0 Å². The summed E-state index contributed by atoms with van der Waals surface area (Å²) in [4.78, 5) is 4.38. The number of hydrogen-bond donors (Lipinski definition) is 3. The molecule has 1 aliphatic rings. The predicted octanol–water partition coefficient (Wildman–Crippen LogP) is 0.389. The summed E-state index contributed by atoms with van der Waals surface area (Å²) in [6.07, 6.45) is 0. The molecule has 106 valence electrons. The number of benzene rings is 1. The van der Waals surface area contributed by atoms with Gasteiger partial charge in [-0.2, -0.15) is 0 Å². The van der Waals surface area contributed by atoms with Crippen molar-refractivity contribution >= 4 is 40.0 Å². The third-order valence-corrected chi connectivity index (χ3v) is 3.50. The molecule has 0 aliphatic carbocycles. The van der Waals surface area contributed by atoms with Crippen LogP contribution in [0.5, 0.6) is 0 Å². The van der Waals surface area contributed by atoms with Crippen LogP contribution in [0.2, 0.25) is 0 Å². The Balaban J connectivity index is 0.00000180. The summed E-state index contributed by atoms with van der Waals surface area (Å²) in [6, 6.07) is 6.88. The second-order valence-electron chi connectivity index (χ2n) is 4.28.